The number of carbonyl (C=O) groups is 2. The van der Waals surface area contributed by atoms with Crippen LogP contribution in [0.3, 0.4) is 0 Å². The van der Waals surface area contributed by atoms with Crippen molar-refractivity contribution in [3.8, 4) is 57.5 Å². The van der Waals surface area contributed by atoms with Crippen LogP contribution in [0, 0.1) is 25.7 Å². The van der Waals surface area contributed by atoms with Crippen molar-refractivity contribution in [3.05, 3.63) is 262 Å². The third kappa shape index (κ3) is 16.5. The van der Waals surface area contributed by atoms with Gasteiger partial charge in [-0.2, -0.15) is 0 Å². The van der Waals surface area contributed by atoms with Gasteiger partial charge in [0.2, 0.25) is 5.79 Å². The van der Waals surface area contributed by atoms with E-state index in [1.54, 1.807) is 20.8 Å². The van der Waals surface area contributed by atoms with E-state index in [0.29, 0.717) is 16.7 Å². The van der Waals surface area contributed by atoms with Crippen LogP contribution in [0.25, 0.3) is 21.9 Å². The summed E-state index contributed by atoms with van der Waals surface area (Å²) in [5.74, 6) is -6.81. The number of allylic oxidation sites excluding steroid dienone is 3. The first-order valence-corrected chi connectivity index (χ1v) is 32.6. The highest BCUT2D eigenvalue weighted by Gasteiger charge is 2.46. The van der Waals surface area contributed by atoms with Crippen molar-refractivity contribution in [3.63, 3.8) is 0 Å². The minimum absolute atomic E-state index is 0.00236. The lowest BCUT2D eigenvalue weighted by molar-refractivity contribution is -0.123. The molecule has 2 unspecified atom stereocenters. The molecule has 6 aromatic heterocycles. The number of aromatic hydroxyl groups is 9. The van der Waals surface area contributed by atoms with Gasteiger partial charge in [0.15, 0.2) is 22.4 Å². The Morgan fingerprint density at radius 2 is 0.879 bits per heavy atom. The molecule has 10 aromatic rings. The van der Waals surface area contributed by atoms with Crippen LogP contribution in [0.4, 0.5) is 0 Å². The maximum atomic E-state index is 13.2. The summed E-state index contributed by atoms with van der Waals surface area (Å²) >= 11 is 0. The zero-order chi connectivity index (χ0) is 77.8. The fourth-order valence-electron chi connectivity index (χ4n) is 14.0. The highest BCUT2D eigenvalue weighted by atomic mass is 16.6. The number of aryl methyl sites for hydroxylation is 2. The second-order valence-electron chi connectivity index (χ2n) is 26.7. The molecule has 31 nitrogen and oxygen atoms in total. The molecule has 7 heterocycles. The van der Waals surface area contributed by atoms with Crippen molar-refractivity contribution >= 4 is 33.5 Å². The Morgan fingerprint density at radius 1 is 0.486 bits per heavy atom. The normalized spacial score (nSPS) is 20.6. The minimum Gasteiger partial charge on any atom is -0.511 e. The van der Waals surface area contributed by atoms with Crippen LogP contribution in [0.5, 0.6) is 57.5 Å². The largest absolute Gasteiger partial charge is 0.511 e. The molecule has 31 heteroatoms. The summed E-state index contributed by atoms with van der Waals surface area (Å²) in [6.45, 7) is 6.24. The van der Waals surface area contributed by atoms with Gasteiger partial charge in [0.25, 0.3) is 0 Å². The highest BCUT2D eigenvalue weighted by molar-refractivity contribution is 6.04. The van der Waals surface area contributed by atoms with E-state index < -0.39 is 85.9 Å². The van der Waals surface area contributed by atoms with Gasteiger partial charge in [-0.15, -0.1) is 0 Å². The second kappa shape index (κ2) is 29.1. The number of phenolic OH excluding ortho intramolecular Hbond substituents is 5. The number of hydrogen-bond acceptors (Lipinski definition) is 31. The minimum atomic E-state index is -1.87. The van der Waals surface area contributed by atoms with Crippen molar-refractivity contribution in [2.45, 2.75) is 115 Å². The van der Waals surface area contributed by atoms with Gasteiger partial charge in [0.05, 0.1) is 81.8 Å². The van der Waals surface area contributed by atoms with Crippen LogP contribution in [0.2, 0.25) is 0 Å². The predicted octanol–water partition coefficient (Wildman–Crippen LogP) is 6.40. The summed E-state index contributed by atoms with van der Waals surface area (Å²) in [5, 5.41) is 161. The molecule has 16 N–H and O–H groups in total. The second-order valence-corrected chi connectivity index (χ2v) is 26.7. The fraction of sp³-hybridized carbons (Fsp3) is 0.263. The maximum Gasteiger partial charge on any atom is 0.339 e. The zero-order valence-corrected chi connectivity index (χ0v) is 56.8. The van der Waals surface area contributed by atoms with Gasteiger partial charge < -0.3 is 113 Å². The molecule has 3 aliphatic carbocycles. The lowest BCUT2D eigenvalue weighted by Crippen LogP contribution is -2.43. The Bertz CT molecular complexity index is 5510. The van der Waals surface area contributed by atoms with E-state index in [1.165, 1.54) is 79.7 Å². The first-order valence-electron chi connectivity index (χ1n) is 32.6. The first kappa shape index (κ1) is 75.5. The van der Waals surface area contributed by atoms with E-state index in [-0.39, 0.29) is 211 Å². The van der Waals surface area contributed by atoms with E-state index in [1.807, 2.05) is 0 Å². The van der Waals surface area contributed by atoms with Gasteiger partial charge in [0, 0.05) is 113 Å². The van der Waals surface area contributed by atoms with E-state index >= 15 is 0 Å². The summed E-state index contributed by atoms with van der Waals surface area (Å²) in [5.41, 5.74) is -6.05. The molecular weight excluding hydrogens is 1410 g/mol. The van der Waals surface area contributed by atoms with Crippen LogP contribution >= 0.6 is 0 Å². The lowest BCUT2D eigenvalue weighted by Gasteiger charge is -2.35. The molecule has 14 rings (SSSR count). The molecule has 0 amide bonds. The van der Waals surface area contributed by atoms with E-state index in [9.17, 15) is 120 Å². The summed E-state index contributed by atoms with van der Waals surface area (Å²) in [6.07, 6.45) is -0.911. The van der Waals surface area contributed by atoms with Crippen LogP contribution < -0.4 is 38.1 Å². The highest BCUT2D eigenvalue weighted by Crippen LogP contribution is 2.43. The molecule has 558 valence electrons. The number of ether oxygens (including phenoxy) is 1. The van der Waals surface area contributed by atoms with Crippen LogP contribution in [-0.4, -0.2) is 111 Å². The van der Waals surface area contributed by atoms with Crippen molar-refractivity contribution in [2.75, 3.05) is 0 Å². The number of fused-ring (bicyclic) bond motifs is 5. The van der Waals surface area contributed by atoms with Gasteiger partial charge in [-0.3, -0.25) is 19.2 Å². The standard InChI is InChI=1S/3C20H18O8.C16H14O7/c2*1-9-2-10(21)4-14-17(9)19(25)18-15(28-14)5-12(23)7-20(18,26)8-13-3-11(22)6-16(24)27-13;1-9-2-11(21)6-15(24)18(9)20(27)19-10(3-12(22)7-16(19)25)4-14-5-13(23)8-17(26)28-14;1-16(21)7-12(19)15-8(2-9(17)5-13(15)23-16)3-11-4-10(18)6-14(20)22-11/h2*2-4,6,12,21-23,26H,5,7-8H2,1H3;2-3,5-9,18,21-25H,4H2,1H3;2,4-6,17-18,21H,3,7H2,1H3/t12-,20+;12-,20-;;16-/m00.0/s1. The number of Topliss-reactive ketones (excluding diaryl/α,β-unsaturated/α-hetero) is 2. The van der Waals surface area contributed by atoms with Crippen molar-refractivity contribution in [1.82, 2.24) is 0 Å². The molecule has 0 radical (unpaired) electrons. The number of aliphatic hydroxyl groups excluding tert-OH is 4. The number of rotatable bonds is 10. The maximum absolute atomic E-state index is 13.2. The number of aliphatic hydroxyl groups is 7. The molecule has 0 saturated heterocycles. The van der Waals surface area contributed by atoms with E-state index in [0.717, 1.165) is 36.4 Å². The van der Waals surface area contributed by atoms with Crippen LogP contribution in [-0.2, 0) is 49.7 Å². The molecule has 0 fully saturated rings. The lowest BCUT2D eigenvalue weighted by atomic mass is 9.77. The number of hydrogen-bond donors (Lipinski definition) is 16. The Hall–Kier alpha value is -12.7. The van der Waals surface area contributed by atoms with Gasteiger partial charge in [-0.1, -0.05) is 6.92 Å². The van der Waals surface area contributed by atoms with Gasteiger partial charge in [-0.25, -0.2) is 19.2 Å². The van der Waals surface area contributed by atoms with Crippen molar-refractivity contribution in [2.24, 2.45) is 11.8 Å². The SMILES string of the molecule is CC1C=C(O)C=C(O)C1C(=O)c1c(O)cc(O)cc1Cc1cc(O)cc(=O)o1.C[C@@]1(O)CC(=O)c2c(Cc3cc(O)cc(=O)o3)cc(O)cc2O1.Cc1cc(O)cc2oc3c(c(=O)c12)[C@@](O)(Cc1cc(O)cc(=O)o1)C[C@@H](O)C3.Cc1cc(O)cc2oc3c(c(=O)c12)[C@](O)(Cc1cc(O)cc(=O)o1)C[C@@H](O)C3. The fourth-order valence-corrected chi connectivity index (χ4v) is 14.0. The third-order valence-corrected chi connectivity index (χ3v) is 17.9. The Labute approximate surface area is 599 Å². The van der Waals surface area contributed by atoms with Crippen LogP contribution in [0.1, 0.15) is 122 Å². The molecule has 4 aliphatic rings. The molecule has 107 heavy (non-hydrogen) atoms. The van der Waals surface area contributed by atoms with E-state index in [4.69, 9.17) is 31.2 Å². The Balaban J connectivity index is 0.000000143. The summed E-state index contributed by atoms with van der Waals surface area (Å²) in [7, 11) is 0. The zero-order valence-electron chi connectivity index (χ0n) is 56.8. The molecule has 1 aliphatic heterocycles. The van der Waals surface area contributed by atoms with Gasteiger partial charge in [0.1, 0.15) is 126 Å². The average Bonchev–Trinajstić information content (AvgIpc) is 0.740. The Kier molecular flexibility index (Phi) is 20.5. The monoisotopic (exact) mass is 1480 g/mol. The summed E-state index contributed by atoms with van der Waals surface area (Å²) < 4.78 is 36.8. The van der Waals surface area contributed by atoms with Crippen LogP contribution in [0.15, 0.2) is 176 Å². The molecule has 7 atom stereocenters. The Morgan fingerprint density at radius 3 is 1.32 bits per heavy atom. The smallest absolute Gasteiger partial charge is 0.339 e. The predicted molar refractivity (Wildman–Crippen MR) is 370 cm³/mol. The number of carbonyl (C=O) groups excluding carboxylic acids is 2. The van der Waals surface area contributed by atoms with Crippen molar-refractivity contribution in [1.29, 1.82) is 0 Å². The number of benzene rings is 4. The summed E-state index contributed by atoms with van der Waals surface area (Å²) in [4.78, 5) is 97.7. The quantitative estimate of drug-likeness (QED) is 0.0658. The van der Waals surface area contributed by atoms with Crippen molar-refractivity contribution < 1.29 is 123 Å². The topological polar surface area (TPSA) is 548 Å². The third-order valence-electron chi connectivity index (χ3n) is 17.9. The summed E-state index contributed by atoms with van der Waals surface area (Å²) in [6, 6.07) is 18.6. The molecule has 4 aromatic carbocycles. The number of ketones is 2. The first-order chi connectivity index (χ1) is 50.2. The molecule has 0 spiro atoms. The van der Waals surface area contributed by atoms with E-state index in [2.05, 4.69) is 0 Å². The molecule has 0 bridgehead atoms. The molecule has 0 saturated carbocycles. The van der Waals surface area contributed by atoms with Gasteiger partial charge in [-0.05, 0) is 72.4 Å². The molecular formula is C76H68O31. The number of phenols is 5. The average molecular weight is 1480 g/mol. The van der Waals surface area contributed by atoms with Gasteiger partial charge >= 0.3 is 22.5 Å².